The van der Waals surface area contributed by atoms with E-state index in [0.717, 1.165) is 47.9 Å². The summed E-state index contributed by atoms with van der Waals surface area (Å²) in [6.07, 6.45) is 4.02. The molecule has 1 fully saturated rings. The normalized spacial score (nSPS) is 15.7. The molecule has 146 valence electrons. The zero-order valence-corrected chi connectivity index (χ0v) is 16.3. The number of nitrogens with zero attached hydrogens (tertiary/aromatic N) is 3. The lowest BCUT2D eigenvalue weighted by Gasteiger charge is -2.32. The summed E-state index contributed by atoms with van der Waals surface area (Å²) < 4.78 is 2.29. The third kappa shape index (κ3) is 3.61. The van der Waals surface area contributed by atoms with E-state index in [1.807, 2.05) is 42.7 Å². The molecule has 5 heteroatoms. The van der Waals surface area contributed by atoms with Gasteiger partial charge in [-0.15, -0.1) is 0 Å². The number of para-hydroxylation sites is 2. The molecule has 1 N–H and O–H groups in total. The minimum atomic E-state index is 0.0490. The van der Waals surface area contributed by atoms with Gasteiger partial charge in [0, 0.05) is 30.2 Å². The molecule has 0 bridgehead atoms. The quantitative estimate of drug-likeness (QED) is 0.565. The Labute approximate surface area is 170 Å². The van der Waals surface area contributed by atoms with E-state index in [0.29, 0.717) is 12.6 Å². The monoisotopic (exact) mass is 384 g/mol. The van der Waals surface area contributed by atoms with Crippen LogP contribution >= 0.6 is 0 Å². The second-order valence-electron chi connectivity index (χ2n) is 7.72. The Bertz CT molecular complexity index is 1150. The molecule has 0 unspecified atom stereocenters. The van der Waals surface area contributed by atoms with Gasteiger partial charge >= 0.3 is 0 Å². The van der Waals surface area contributed by atoms with Crippen molar-refractivity contribution >= 4 is 33.4 Å². The summed E-state index contributed by atoms with van der Waals surface area (Å²) in [6.45, 7) is 2.26. The number of rotatable bonds is 4. The zero-order valence-electron chi connectivity index (χ0n) is 16.3. The fraction of sp³-hybridized carbons (Fsp3) is 0.250. The van der Waals surface area contributed by atoms with E-state index in [1.54, 1.807) is 0 Å². The number of carbonyl (C=O) groups excluding carboxylic acids is 1. The summed E-state index contributed by atoms with van der Waals surface area (Å²) in [5.41, 5.74) is 3.12. The zero-order chi connectivity index (χ0) is 19.6. The van der Waals surface area contributed by atoms with Crippen LogP contribution in [0, 0.1) is 0 Å². The average molecular weight is 384 g/mol. The van der Waals surface area contributed by atoms with E-state index in [1.165, 1.54) is 5.52 Å². The molecule has 0 aliphatic carbocycles. The van der Waals surface area contributed by atoms with Gasteiger partial charge in [-0.25, -0.2) is 4.98 Å². The molecule has 3 aromatic carbocycles. The Balaban J connectivity index is 1.21. The number of aromatic nitrogens is 2. The predicted octanol–water partition coefficient (Wildman–Crippen LogP) is 4.47. The van der Waals surface area contributed by atoms with E-state index < -0.39 is 0 Å². The molecular weight excluding hydrogens is 360 g/mol. The first-order valence-corrected chi connectivity index (χ1v) is 10.2. The number of fused-ring (bicyclic) bond motifs is 2. The Morgan fingerprint density at radius 1 is 0.966 bits per heavy atom. The molecule has 4 aromatic rings. The molecule has 2 heterocycles. The molecule has 29 heavy (non-hydrogen) atoms. The summed E-state index contributed by atoms with van der Waals surface area (Å²) in [4.78, 5) is 19.4. The van der Waals surface area contributed by atoms with Gasteiger partial charge in [0.25, 0.3) is 0 Å². The van der Waals surface area contributed by atoms with Gasteiger partial charge in [0.1, 0.15) is 0 Å². The number of imidazole rings is 1. The molecule has 1 aliphatic heterocycles. The number of likely N-dealkylation sites (tertiary alicyclic amines) is 1. The largest absolute Gasteiger partial charge is 0.327 e. The average Bonchev–Trinajstić information content (AvgIpc) is 3.19. The maximum absolute atomic E-state index is 12.6. The van der Waals surface area contributed by atoms with Crippen molar-refractivity contribution in [2.75, 3.05) is 25.0 Å². The van der Waals surface area contributed by atoms with Crippen LogP contribution in [0.5, 0.6) is 0 Å². The highest BCUT2D eigenvalue weighted by Gasteiger charge is 2.23. The minimum Gasteiger partial charge on any atom is -0.327 e. The topological polar surface area (TPSA) is 50.2 Å². The first-order chi connectivity index (χ1) is 14.3. The van der Waals surface area contributed by atoms with E-state index in [2.05, 4.69) is 50.1 Å². The van der Waals surface area contributed by atoms with Crippen LogP contribution in [0.3, 0.4) is 0 Å². The number of amides is 1. The second kappa shape index (κ2) is 7.68. The second-order valence-corrected chi connectivity index (χ2v) is 7.72. The van der Waals surface area contributed by atoms with E-state index in [4.69, 9.17) is 0 Å². The highest BCUT2D eigenvalue weighted by molar-refractivity contribution is 6.02. The third-order valence-corrected chi connectivity index (χ3v) is 5.86. The summed E-state index contributed by atoms with van der Waals surface area (Å²) in [6, 6.07) is 22.9. The fourth-order valence-corrected chi connectivity index (χ4v) is 4.35. The smallest absolute Gasteiger partial charge is 0.238 e. The van der Waals surface area contributed by atoms with Crippen molar-refractivity contribution < 1.29 is 4.79 Å². The summed E-state index contributed by atoms with van der Waals surface area (Å²) in [5.74, 6) is 0.0490. The van der Waals surface area contributed by atoms with Crippen LogP contribution in [0.2, 0.25) is 0 Å². The standard InChI is InChI=1S/C24H24N4O/c29-24(26-21-10-5-7-18-6-1-2-8-20(18)21)16-27-14-12-19(13-15-27)28-17-25-22-9-3-4-11-23(22)28/h1-11,17,19H,12-16H2,(H,26,29). The van der Waals surface area contributed by atoms with Crippen LogP contribution in [-0.4, -0.2) is 40.0 Å². The van der Waals surface area contributed by atoms with E-state index in [9.17, 15) is 4.79 Å². The maximum atomic E-state index is 12.6. The van der Waals surface area contributed by atoms with Gasteiger partial charge < -0.3 is 9.88 Å². The third-order valence-electron chi connectivity index (χ3n) is 5.86. The lowest BCUT2D eigenvalue weighted by atomic mass is 10.0. The Hall–Kier alpha value is -3.18. The highest BCUT2D eigenvalue weighted by Crippen LogP contribution is 2.27. The molecule has 0 spiro atoms. The molecule has 5 nitrogen and oxygen atoms in total. The van der Waals surface area contributed by atoms with Crippen molar-refractivity contribution in [1.82, 2.24) is 14.5 Å². The van der Waals surface area contributed by atoms with Crippen LogP contribution in [0.4, 0.5) is 5.69 Å². The number of carbonyl (C=O) groups is 1. The number of piperidine rings is 1. The van der Waals surface area contributed by atoms with Crippen LogP contribution < -0.4 is 5.32 Å². The molecule has 1 aliphatic rings. The van der Waals surface area contributed by atoms with Crippen molar-refractivity contribution in [1.29, 1.82) is 0 Å². The Kier molecular flexibility index (Phi) is 4.74. The van der Waals surface area contributed by atoms with Gasteiger partial charge in [-0.3, -0.25) is 9.69 Å². The van der Waals surface area contributed by atoms with Crippen molar-refractivity contribution in [2.45, 2.75) is 18.9 Å². The van der Waals surface area contributed by atoms with Crippen molar-refractivity contribution in [3.8, 4) is 0 Å². The molecule has 1 saturated heterocycles. The molecule has 0 radical (unpaired) electrons. The SMILES string of the molecule is O=C(CN1CCC(n2cnc3ccccc32)CC1)Nc1cccc2ccccc12. The molecule has 1 amide bonds. The minimum absolute atomic E-state index is 0.0490. The van der Waals surface area contributed by atoms with Crippen LogP contribution in [0.25, 0.3) is 21.8 Å². The predicted molar refractivity (Wildman–Crippen MR) is 117 cm³/mol. The molecule has 0 atom stereocenters. The Morgan fingerprint density at radius 3 is 2.62 bits per heavy atom. The number of hydrogen-bond acceptors (Lipinski definition) is 3. The number of hydrogen-bond donors (Lipinski definition) is 1. The fourth-order valence-electron chi connectivity index (χ4n) is 4.35. The molecular formula is C24H24N4O. The summed E-state index contributed by atoms with van der Waals surface area (Å²) >= 11 is 0. The van der Waals surface area contributed by atoms with Gasteiger partial charge in [-0.1, -0.05) is 48.5 Å². The lowest BCUT2D eigenvalue weighted by molar-refractivity contribution is -0.117. The number of nitrogens with one attached hydrogen (secondary N) is 1. The van der Waals surface area contributed by atoms with Crippen LogP contribution in [-0.2, 0) is 4.79 Å². The van der Waals surface area contributed by atoms with Crippen LogP contribution in [0.15, 0.2) is 73.1 Å². The first kappa shape index (κ1) is 17.9. The first-order valence-electron chi connectivity index (χ1n) is 10.2. The highest BCUT2D eigenvalue weighted by atomic mass is 16.2. The van der Waals surface area contributed by atoms with E-state index in [-0.39, 0.29) is 5.91 Å². The van der Waals surface area contributed by atoms with Crippen LogP contribution in [0.1, 0.15) is 18.9 Å². The lowest BCUT2D eigenvalue weighted by Crippen LogP contribution is -2.39. The summed E-state index contributed by atoms with van der Waals surface area (Å²) in [5, 5.41) is 5.31. The molecule has 5 rings (SSSR count). The van der Waals surface area contributed by atoms with E-state index >= 15 is 0 Å². The Morgan fingerprint density at radius 2 is 1.72 bits per heavy atom. The number of benzene rings is 3. The van der Waals surface area contributed by atoms with Crippen molar-refractivity contribution in [2.24, 2.45) is 0 Å². The maximum Gasteiger partial charge on any atom is 0.238 e. The molecule has 0 saturated carbocycles. The van der Waals surface area contributed by atoms with Gasteiger partial charge in [-0.2, -0.15) is 0 Å². The van der Waals surface area contributed by atoms with Gasteiger partial charge in [0.2, 0.25) is 5.91 Å². The molecule has 1 aromatic heterocycles. The van der Waals surface area contributed by atoms with Gasteiger partial charge in [0.15, 0.2) is 0 Å². The summed E-state index contributed by atoms with van der Waals surface area (Å²) in [7, 11) is 0. The van der Waals surface area contributed by atoms with Crippen molar-refractivity contribution in [3.63, 3.8) is 0 Å². The number of anilines is 1. The van der Waals surface area contributed by atoms with Gasteiger partial charge in [0.05, 0.1) is 23.9 Å². The van der Waals surface area contributed by atoms with Gasteiger partial charge in [-0.05, 0) is 36.4 Å². The van der Waals surface area contributed by atoms with Crippen molar-refractivity contribution in [3.05, 3.63) is 73.1 Å².